The maximum atomic E-state index is 13.2. The van der Waals surface area contributed by atoms with Crippen molar-refractivity contribution in [3.05, 3.63) is 47.2 Å². The quantitative estimate of drug-likeness (QED) is 0.557. The lowest BCUT2D eigenvalue weighted by Crippen LogP contribution is -1.98. The standard InChI is InChI=1S/C11H6Br2Cl2FNS/c12-7-3-6(18-11(7)13)4-17-5-1-8(14)10(16)9(15)2-5/h1-3,17H,4H2. The second-order valence-corrected chi connectivity index (χ2v) is 7.57. The lowest BCUT2D eigenvalue weighted by atomic mass is 10.3. The van der Waals surface area contributed by atoms with E-state index in [1.54, 1.807) is 11.3 Å². The van der Waals surface area contributed by atoms with Crippen LogP contribution in [0.1, 0.15) is 4.88 Å². The van der Waals surface area contributed by atoms with E-state index in [-0.39, 0.29) is 10.0 Å². The first-order valence-electron chi connectivity index (χ1n) is 4.79. The molecule has 0 aliphatic carbocycles. The van der Waals surface area contributed by atoms with Gasteiger partial charge in [-0.1, -0.05) is 23.2 Å². The lowest BCUT2D eigenvalue weighted by molar-refractivity contribution is 0.629. The number of hydrogen-bond acceptors (Lipinski definition) is 2. The summed E-state index contributed by atoms with van der Waals surface area (Å²) in [6.07, 6.45) is 0. The molecule has 7 heteroatoms. The van der Waals surface area contributed by atoms with Crippen molar-refractivity contribution in [2.75, 3.05) is 5.32 Å². The van der Waals surface area contributed by atoms with Crippen LogP contribution >= 0.6 is 66.4 Å². The Morgan fingerprint density at radius 1 is 1.17 bits per heavy atom. The van der Waals surface area contributed by atoms with Crippen LogP contribution < -0.4 is 5.32 Å². The molecule has 0 fully saturated rings. The largest absolute Gasteiger partial charge is 0.380 e. The summed E-state index contributed by atoms with van der Waals surface area (Å²) in [6.45, 7) is 0.618. The van der Waals surface area contributed by atoms with Crippen molar-refractivity contribution in [3.8, 4) is 0 Å². The molecule has 1 aromatic carbocycles. The summed E-state index contributed by atoms with van der Waals surface area (Å²) < 4.78 is 15.3. The predicted octanol–water partition coefficient (Wildman–Crippen LogP) is 6.33. The summed E-state index contributed by atoms with van der Waals surface area (Å²) in [4.78, 5) is 1.13. The van der Waals surface area contributed by atoms with Crippen molar-refractivity contribution < 1.29 is 4.39 Å². The molecular weight excluding hydrogens is 428 g/mol. The minimum absolute atomic E-state index is 0.0125. The Balaban J connectivity index is 2.11. The molecule has 1 heterocycles. The number of anilines is 1. The van der Waals surface area contributed by atoms with Gasteiger partial charge in [-0.25, -0.2) is 4.39 Å². The highest BCUT2D eigenvalue weighted by atomic mass is 79.9. The molecule has 0 saturated carbocycles. The Morgan fingerprint density at radius 2 is 1.78 bits per heavy atom. The van der Waals surface area contributed by atoms with Crippen molar-refractivity contribution in [1.29, 1.82) is 0 Å². The van der Waals surface area contributed by atoms with Gasteiger partial charge in [0.25, 0.3) is 0 Å². The monoisotopic (exact) mass is 431 g/mol. The van der Waals surface area contributed by atoms with Crippen LogP contribution in [0.25, 0.3) is 0 Å². The highest BCUT2D eigenvalue weighted by Gasteiger charge is 2.08. The Hall–Kier alpha value is 0.190. The third kappa shape index (κ3) is 3.39. The van der Waals surface area contributed by atoms with Gasteiger partial charge in [0.2, 0.25) is 0 Å². The lowest BCUT2D eigenvalue weighted by Gasteiger charge is -2.07. The van der Waals surface area contributed by atoms with Gasteiger partial charge in [-0.15, -0.1) is 11.3 Å². The summed E-state index contributed by atoms with van der Waals surface area (Å²) in [5, 5.41) is 3.17. The fourth-order valence-corrected chi connectivity index (χ4v) is 3.93. The van der Waals surface area contributed by atoms with Crippen LogP contribution in [0.2, 0.25) is 10.0 Å². The Labute approximate surface area is 135 Å². The fraction of sp³-hybridized carbons (Fsp3) is 0.0909. The minimum Gasteiger partial charge on any atom is -0.380 e. The highest BCUT2D eigenvalue weighted by molar-refractivity contribution is 9.13. The van der Waals surface area contributed by atoms with E-state index in [4.69, 9.17) is 23.2 Å². The molecule has 0 saturated heterocycles. The van der Waals surface area contributed by atoms with Gasteiger partial charge in [0.05, 0.1) is 13.8 Å². The van der Waals surface area contributed by atoms with Gasteiger partial charge in [-0.05, 0) is 50.1 Å². The summed E-state index contributed by atoms with van der Waals surface area (Å²) in [7, 11) is 0. The van der Waals surface area contributed by atoms with E-state index in [9.17, 15) is 4.39 Å². The van der Waals surface area contributed by atoms with Crippen molar-refractivity contribution >= 4 is 72.1 Å². The van der Waals surface area contributed by atoms with Gasteiger partial charge in [0, 0.05) is 21.6 Å². The van der Waals surface area contributed by atoms with Crippen LogP contribution in [-0.2, 0) is 6.54 Å². The molecule has 2 aromatic rings. The maximum absolute atomic E-state index is 13.2. The van der Waals surface area contributed by atoms with Gasteiger partial charge in [0.1, 0.15) is 0 Å². The molecule has 1 N–H and O–H groups in total. The van der Waals surface area contributed by atoms with Gasteiger partial charge in [-0.2, -0.15) is 0 Å². The van der Waals surface area contributed by atoms with Crippen LogP contribution in [-0.4, -0.2) is 0 Å². The van der Waals surface area contributed by atoms with Gasteiger partial charge in [0.15, 0.2) is 5.82 Å². The van der Waals surface area contributed by atoms with Gasteiger partial charge >= 0.3 is 0 Å². The zero-order chi connectivity index (χ0) is 13.3. The molecule has 0 aliphatic heterocycles. The van der Waals surface area contributed by atoms with Crippen LogP contribution in [0.4, 0.5) is 10.1 Å². The smallest absolute Gasteiger partial charge is 0.160 e. The first-order chi connectivity index (χ1) is 8.47. The minimum atomic E-state index is -0.592. The number of rotatable bonds is 3. The first kappa shape index (κ1) is 14.6. The molecule has 0 spiro atoms. The second kappa shape index (κ2) is 6.09. The molecule has 96 valence electrons. The van der Waals surface area contributed by atoms with E-state index >= 15 is 0 Å². The number of hydrogen-bond donors (Lipinski definition) is 1. The summed E-state index contributed by atoms with van der Waals surface area (Å²) in [5.74, 6) is -0.592. The SMILES string of the molecule is Fc1c(Cl)cc(NCc2cc(Br)c(Br)s2)cc1Cl. The predicted molar refractivity (Wildman–Crippen MR) is 83.5 cm³/mol. The van der Waals surface area contributed by atoms with E-state index in [0.717, 1.165) is 13.1 Å². The second-order valence-electron chi connectivity index (χ2n) is 3.44. The molecule has 0 atom stereocenters. The Bertz CT molecular complexity index is 546. The zero-order valence-corrected chi connectivity index (χ0v) is 14.2. The van der Waals surface area contributed by atoms with E-state index in [2.05, 4.69) is 37.2 Å². The topological polar surface area (TPSA) is 12.0 Å². The van der Waals surface area contributed by atoms with Gasteiger partial charge in [-0.3, -0.25) is 0 Å². The van der Waals surface area contributed by atoms with Crippen molar-refractivity contribution in [2.45, 2.75) is 6.54 Å². The average molecular weight is 434 g/mol. The Morgan fingerprint density at radius 3 is 2.28 bits per heavy atom. The van der Waals surface area contributed by atoms with E-state index in [1.807, 2.05) is 6.07 Å². The number of benzene rings is 1. The molecule has 1 nitrogen and oxygen atoms in total. The fourth-order valence-electron chi connectivity index (χ4n) is 1.33. The highest BCUT2D eigenvalue weighted by Crippen LogP contribution is 2.33. The molecule has 0 radical (unpaired) electrons. The number of halogens is 5. The molecule has 2 rings (SSSR count). The van der Waals surface area contributed by atoms with Crippen molar-refractivity contribution in [2.24, 2.45) is 0 Å². The van der Waals surface area contributed by atoms with E-state index < -0.39 is 5.82 Å². The molecule has 18 heavy (non-hydrogen) atoms. The van der Waals surface area contributed by atoms with Crippen LogP contribution in [0.15, 0.2) is 26.5 Å². The molecule has 0 aliphatic rings. The number of nitrogens with one attached hydrogen (secondary N) is 1. The third-order valence-corrected chi connectivity index (χ3v) is 5.95. The van der Waals surface area contributed by atoms with E-state index in [1.165, 1.54) is 12.1 Å². The van der Waals surface area contributed by atoms with Crippen LogP contribution in [0.5, 0.6) is 0 Å². The molecule has 0 unspecified atom stereocenters. The van der Waals surface area contributed by atoms with Crippen molar-refractivity contribution in [3.63, 3.8) is 0 Å². The van der Waals surface area contributed by atoms with Crippen LogP contribution in [0, 0.1) is 5.82 Å². The van der Waals surface area contributed by atoms with Gasteiger partial charge < -0.3 is 5.32 Å². The summed E-state index contributed by atoms with van der Waals surface area (Å²) in [6, 6.07) is 5.04. The zero-order valence-electron chi connectivity index (χ0n) is 8.74. The molecular formula is C11H6Br2Cl2FNS. The number of thiophene rings is 1. The Kier molecular flexibility index (Phi) is 4.94. The normalized spacial score (nSPS) is 10.7. The average Bonchev–Trinajstić information content (AvgIpc) is 2.63. The van der Waals surface area contributed by atoms with Crippen molar-refractivity contribution in [1.82, 2.24) is 0 Å². The first-order valence-corrected chi connectivity index (χ1v) is 7.95. The summed E-state index contributed by atoms with van der Waals surface area (Å²) in [5.41, 5.74) is 0.687. The summed E-state index contributed by atoms with van der Waals surface area (Å²) >= 11 is 19.9. The molecule has 1 aromatic heterocycles. The van der Waals surface area contributed by atoms with Crippen LogP contribution in [0.3, 0.4) is 0 Å². The molecule has 0 amide bonds. The van der Waals surface area contributed by atoms with E-state index in [0.29, 0.717) is 12.2 Å². The maximum Gasteiger partial charge on any atom is 0.160 e. The molecule has 0 bridgehead atoms. The third-order valence-electron chi connectivity index (χ3n) is 2.15.